The number of nitrogens with two attached hydrogens (primary N) is 1. The van der Waals surface area contributed by atoms with Crippen LogP contribution < -0.4 is 10.5 Å². The first-order chi connectivity index (χ1) is 9.10. The summed E-state index contributed by atoms with van der Waals surface area (Å²) in [5.41, 5.74) is 9.50. The van der Waals surface area contributed by atoms with Gasteiger partial charge in [0.25, 0.3) is 0 Å². The maximum Gasteiger partial charge on any atom is 0.145 e. The number of benzene rings is 2. The van der Waals surface area contributed by atoms with Gasteiger partial charge in [-0.05, 0) is 35.7 Å². The Balaban J connectivity index is 2.10. The molecule has 0 spiro atoms. The largest absolute Gasteiger partial charge is 0.486 e. The molecule has 0 amide bonds. The molecule has 0 fully saturated rings. The van der Waals surface area contributed by atoms with Crippen molar-refractivity contribution >= 4 is 21.6 Å². The average molecular weight is 322 g/mol. The molecule has 4 heteroatoms. The fraction of sp³-hybridized carbons (Fsp3) is 0.200. The van der Waals surface area contributed by atoms with E-state index >= 15 is 0 Å². The average Bonchev–Trinajstić information content (AvgIpc) is 2.38. The minimum absolute atomic E-state index is 0.0555. The summed E-state index contributed by atoms with van der Waals surface area (Å²) in [6, 6.07) is 11.5. The SMILES string of the molecule is Cc1cc(Br)cc(N)c1OCc1ccc(CO)cc1. The lowest BCUT2D eigenvalue weighted by molar-refractivity contribution is 0.281. The van der Waals surface area contributed by atoms with Crippen molar-refractivity contribution in [1.82, 2.24) is 0 Å². The molecular weight excluding hydrogens is 306 g/mol. The van der Waals surface area contributed by atoms with Gasteiger partial charge in [-0.3, -0.25) is 0 Å². The van der Waals surface area contributed by atoms with Crippen LogP contribution in [0.15, 0.2) is 40.9 Å². The lowest BCUT2D eigenvalue weighted by Crippen LogP contribution is -2.01. The van der Waals surface area contributed by atoms with Crippen LogP contribution in [0.4, 0.5) is 5.69 Å². The third-order valence-corrected chi connectivity index (χ3v) is 3.31. The molecule has 0 saturated carbocycles. The van der Waals surface area contributed by atoms with E-state index in [2.05, 4.69) is 15.9 Å². The predicted octanol–water partition coefficient (Wildman–Crippen LogP) is 3.41. The topological polar surface area (TPSA) is 55.5 Å². The van der Waals surface area contributed by atoms with E-state index in [9.17, 15) is 0 Å². The van der Waals surface area contributed by atoms with Crippen LogP contribution in [0.5, 0.6) is 5.75 Å². The number of ether oxygens (including phenoxy) is 1. The van der Waals surface area contributed by atoms with Crippen LogP contribution in [0.1, 0.15) is 16.7 Å². The van der Waals surface area contributed by atoms with Crippen molar-refractivity contribution < 1.29 is 9.84 Å². The monoisotopic (exact) mass is 321 g/mol. The van der Waals surface area contributed by atoms with Crippen LogP contribution in [0.2, 0.25) is 0 Å². The van der Waals surface area contributed by atoms with Crippen molar-refractivity contribution in [2.24, 2.45) is 0 Å². The van der Waals surface area contributed by atoms with Crippen LogP contribution in [0, 0.1) is 6.92 Å². The summed E-state index contributed by atoms with van der Waals surface area (Å²) >= 11 is 3.40. The van der Waals surface area contributed by atoms with Crippen LogP contribution in [-0.4, -0.2) is 5.11 Å². The number of aryl methyl sites for hydroxylation is 1. The van der Waals surface area contributed by atoms with Gasteiger partial charge in [-0.15, -0.1) is 0 Å². The number of rotatable bonds is 4. The molecule has 0 aromatic heterocycles. The first-order valence-corrected chi connectivity index (χ1v) is 6.76. The van der Waals surface area contributed by atoms with Gasteiger partial charge in [0.05, 0.1) is 12.3 Å². The molecule has 0 aliphatic carbocycles. The van der Waals surface area contributed by atoms with Crippen LogP contribution in [0.25, 0.3) is 0 Å². The summed E-state index contributed by atoms with van der Waals surface area (Å²) in [5, 5.41) is 8.98. The molecule has 2 aromatic rings. The summed E-state index contributed by atoms with van der Waals surface area (Å²) in [7, 11) is 0. The van der Waals surface area contributed by atoms with Gasteiger partial charge in [0.15, 0.2) is 0 Å². The van der Waals surface area contributed by atoms with Gasteiger partial charge in [-0.1, -0.05) is 40.2 Å². The number of halogens is 1. The van der Waals surface area contributed by atoms with E-state index in [0.717, 1.165) is 26.9 Å². The van der Waals surface area contributed by atoms with Crippen LogP contribution >= 0.6 is 15.9 Å². The number of anilines is 1. The fourth-order valence-electron chi connectivity index (χ4n) is 1.85. The smallest absolute Gasteiger partial charge is 0.145 e. The minimum atomic E-state index is 0.0555. The fourth-order valence-corrected chi connectivity index (χ4v) is 2.44. The van der Waals surface area contributed by atoms with Crippen molar-refractivity contribution in [3.05, 3.63) is 57.6 Å². The van der Waals surface area contributed by atoms with E-state index in [-0.39, 0.29) is 6.61 Å². The Morgan fingerprint density at radius 1 is 1.16 bits per heavy atom. The molecule has 0 heterocycles. The van der Waals surface area contributed by atoms with E-state index in [0.29, 0.717) is 12.3 Å². The second-order valence-electron chi connectivity index (χ2n) is 4.40. The zero-order valence-electron chi connectivity index (χ0n) is 10.7. The molecule has 100 valence electrons. The normalized spacial score (nSPS) is 10.5. The quantitative estimate of drug-likeness (QED) is 0.848. The number of aliphatic hydroxyl groups excluding tert-OH is 1. The summed E-state index contributed by atoms with van der Waals surface area (Å²) in [6.07, 6.45) is 0. The molecule has 0 aliphatic heterocycles. The van der Waals surface area contributed by atoms with Crippen molar-refractivity contribution in [2.45, 2.75) is 20.1 Å². The highest BCUT2D eigenvalue weighted by Gasteiger charge is 2.06. The predicted molar refractivity (Wildman–Crippen MR) is 80.0 cm³/mol. The van der Waals surface area contributed by atoms with Crippen molar-refractivity contribution in [3.63, 3.8) is 0 Å². The molecule has 19 heavy (non-hydrogen) atoms. The molecule has 0 aliphatic rings. The molecule has 0 bridgehead atoms. The molecule has 2 rings (SSSR count). The Hall–Kier alpha value is -1.52. The van der Waals surface area contributed by atoms with Gasteiger partial charge in [0.2, 0.25) is 0 Å². The second kappa shape index (κ2) is 6.08. The van der Waals surface area contributed by atoms with Gasteiger partial charge in [0.1, 0.15) is 12.4 Å². The third-order valence-electron chi connectivity index (χ3n) is 2.86. The first-order valence-electron chi connectivity index (χ1n) is 5.97. The van der Waals surface area contributed by atoms with E-state index in [4.69, 9.17) is 15.6 Å². The second-order valence-corrected chi connectivity index (χ2v) is 5.32. The molecule has 0 atom stereocenters. The van der Waals surface area contributed by atoms with Crippen molar-refractivity contribution in [2.75, 3.05) is 5.73 Å². The Labute approximate surface area is 121 Å². The lowest BCUT2D eigenvalue weighted by atomic mass is 10.1. The Bertz CT molecular complexity index is 544. The van der Waals surface area contributed by atoms with E-state index in [1.54, 1.807) is 0 Å². The van der Waals surface area contributed by atoms with E-state index in [1.165, 1.54) is 0 Å². The highest BCUT2D eigenvalue weighted by Crippen LogP contribution is 2.30. The van der Waals surface area contributed by atoms with Gasteiger partial charge in [-0.25, -0.2) is 0 Å². The summed E-state index contributed by atoms with van der Waals surface area (Å²) in [5.74, 6) is 0.717. The van der Waals surface area contributed by atoms with Crippen LogP contribution in [-0.2, 0) is 13.2 Å². The van der Waals surface area contributed by atoms with E-state index in [1.807, 2.05) is 43.3 Å². The zero-order chi connectivity index (χ0) is 13.8. The van der Waals surface area contributed by atoms with Crippen molar-refractivity contribution in [1.29, 1.82) is 0 Å². The Morgan fingerprint density at radius 2 is 1.79 bits per heavy atom. The van der Waals surface area contributed by atoms with E-state index < -0.39 is 0 Å². The standard InChI is InChI=1S/C15H16BrNO2/c1-10-6-13(16)7-14(17)15(10)19-9-12-4-2-11(8-18)3-5-12/h2-7,18H,8-9,17H2,1H3. The highest BCUT2D eigenvalue weighted by molar-refractivity contribution is 9.10. The number of hydrogen-bond donors (Lipinski definition) is 2. The molecule has 2 aromatic carbocycles. The lowest BCUT2D eigenvalue weighted by Gasteiger charge is -2.12. The van der Waals surface area contributed by atoms with Gasteiger partial charge < -0.3 is 15.6 Å². The molecule has 0 unspecified atom stereocenters. The summed E-state index contributed by atoms with van der Waals surface area (Å²) in [6.45, 7) is 2.48. The number of hydrogen-bond acceptors (Lipinski definition) is 3. The highest BCUT2D eigenvalue weighted by atomic mass is 79.9. The molecule has 0 saturated heterocycles. The summed E-state index contributed by atoms with van der Waals surface area (Å²) < 4.78 is 6.72. The van der Waals surface area contributed by atoms with Gasteiger partial charge in [-0.2, -0.15) is 0 Å². The van der Waals surface area contributed by atoms with Crippen molar-refractivity contribution in [3.8, 4) is 5.75 Å². The number of nitrogen functional groups attached to an aromatic ring is 1. The summed E-state index contributed by atoms with van der Waals surface area (Å²) in [4.78, 5) is 0. The van der Waals surface area contributed by atoms with Gasteiger partial charge >= 0.3 is 0 Å². The number of aliphatic hydroxyl groups is 1. The van der Waals surface area contributed by atoms with Crippen LogP contribution in [0.3, 0.4) is 0 Å². The first kappa shape index (κ1) is 13.9. The Morgan fingerprint density at radius 3 is 2.37 bits per heavy atom. The maximum atomic E-state index is 8.98. The zero-order valence-corrected chi connectivity index (χ0v) is 12.3. The molecular formula is C15H16BrNO2. The minimum Gasteiger partial charge on any atom is -0.486 e. The molecule has 0 radical (unpaired) electrons. The molecule has 3 nitrogen and oxygen atoms in total. The molecule has 3 N–H and O–H groups in total. The Kier molecular flexibility index (Phi) is 4.45. The van der Waals surface area contributed by atoms with Gasteiger partial charge in [0, 0.05) is 4.47 Å². The maximum absolute atomic E-state index is 8.98. The third kappa shape index (κ3) is 3.49.